The molecule has 0 amide bonds. The Morgan fingerprint density at radius 2 is 2.09 bits per heavy atom. The van der Waals surface area contributed by atoms with Gasteiger partial charge < -0.3 is 5.32 Å². The third-order valence-electron chi connectivity index (χ3n) is 3.32. The summed E-state index contributed by atoms with van der Waals surface area (Å²) in [6, 6.07) is 2.43. The minimum absolute atomic E-state index is 0.0360. The van der Waals surface area contributed by atoms with Crippen molar-refractivity contribution >= 4 is 11.4 Å². The molecule has 0 fully saturated rings. The first-order valence-corrected chi connectivity index (χ1v) is 6.83. The molecule has 0 aliphatic carbocycles. The largest absolute Gasteiger partial charge is 0.416 e. The third kappa shape index (κ3) is 3.79. The molecule has 0 radical (unpaired) electrons. The molecule has 0 saturated carbocycles. The molecule has 9 heteroatoms. The molecule has 0 spiro atoms. The van der Waals surface area contributed by atoms with E-state index < -0.39 is 22.4 Å². The normalized spacial score (nSPS) is 11.5. The standard InChI is InChI=1S/C14H15F3N4O2/c1-3-11-9(8-20(2)19-11)7-18-12-5-4-10(14(15,16)17)6-13(12)21(22)23/h4-6,8,18H,3,7H2,1-2H3. The van der Waals surface area contributed by atoms with E-state index in [1.807, 2.05) is 6.92 Å². The molecule has 2 aromatic rings. The SMILES string of the molecule is CCc1nn(C)cc1CNc1ccc(C(F)(F)F)cc1[N+](=O)[O-]. The summed E-state index contributed by atoms with van der Waals surface area (Å²) in [6.45, 7) is 2.16. The molecule has 0 saturated heterocycles. The highest BCUT2D eigenvalue weighted by atomic mass is 19.4. The first kappa shape index (κ1) is 16.8. The highest BCUT2D eigenvalue weighted by Gasteiger charge is 2.33. The Morgan fingerprint density at radius 1 is 1.39 bits per heavy atom. The van der Waals surface area contributed by atoms with Crippen LogP contribution in [0.15, 0.2) is 24.4 Å². The van der Waals surface area contributed by atoms with Gasteiger partial charge in [0.25, 0.3) is 5.69 Å². The number of benzene rings is 1. The maximum atomic E-state index is 12.7. The fraction of sp³-hybridized carbons (Fsp3) is 0.357. The number of anilines is 1. The quantitative estimate of drug-likeness (QED) is 0.673. The van der Waals surface area contributed by atoms with E-state index in [0.29, 0.717) is 12.5 Å². The molecule has 1 aromatic heterocycles. The van der Waals surface area contributed by atoms with E-state index in [-0.39, 0.29) is 12.2 Å². The predicted molar refractivity (Wildman–Crippen MR) is 78.0 cm³/mol. The van der Waals surface area contributed by atoms with Gasteiger partial charge >= 0.3 is 6.18 Å². The Kier molecular flexibility index (Phi) is 4.57. The molecule has 124 valence electrons. The summed E-state index contributed by atoms with van der Waals surface area (Å²) in [7, 11) is 1.75. The highest BCUT2D eigenvalue weighted by Crippen LogP contribution is 2.35. The first-order valence-electron chi connectivity index (χ1n) is 6.83. The van der Waals surface area contributed by atoms with Gasteiger partial charge in [-0.1, -0.05) is 6.92 Å². The van der Waals surface area contributed by atoms with Crippen LogP contribution in [0.25, 0.3) is 0 Å². The van der Waals surface area contributed by atoms with Crippen molar-refractivity contribution < 1.29 is 18.1 Å². The molecule has 0 atom stereocenters. The Bertz CT molecular complexity index is 725. The van der Waals surface area contributed by atoms with E-state index in [0.717, 1.165) is 23.4 Å². The van der Waals surface area contributed by atoms with Gasteiger partial charge in [-0.05, 0) is 18.6 Å². The van der Waals surface area contributed by atoms with Crippen LogP contribution in [-0.4, -0.2) is 14.7 Å². The van der Waals surface area contributed by atoms with Crippen LogP contribution < -0.4 is 5.32 Å². The van der Waals surface area contributed by atoms with Gasteiger partial charge in [-0.2, -0.15) is 18.3 Å². The molecule has 0 aliphatic rings. The number of halogens is 3. The van der Waals surface area contributed by atoms with Crippen LogP contribution in [0.1, 0.15) is 23.7 Å². The number of hydrogen-bond acceptors (Lipinski definition) is 4. The number of aromatic nitrogens is 2. The second kappa shape index (κ2) is 6.27. The molecule has 0 unspecified atom stereocenters. The van der Waals surface area contributed by atoms with Crippen molar-refractivity contribution in [3.63, 3.8) is 0 Å². The lowest BCUT2D eigenvalue weighted by atomic mass is 10.1. The fourth-order valence-electron chi connectivity index (χ4n) is 2.23. The summed E-state index contributed by atoms with van der Waals surface area (Å²) in [5.74, 6) is 0. The molecule has 0 aliphatic heterocycles. The number of hydrogen-bond donors (Lipinski definition) is 1. The number of nitrogens with zero attached hydrogens (tertiary/aromatic N) is 3. The van der Waals surface area contributed by atoms with Crippen molar-refractivity contribution in [2.24, 2.45) is 7.05 Å². The van der Waals surface area contributed by atoms with Gasteiger partial charge in [0.05, 0.1) is 16.2 Å². The lowest BCUT2D eigenvalue weighted by Gasteiger charge is -2.10. The molecule has 23 heavy (non-hydrogen) atoms. The number of aryl methyl sites for hydroxylation is 2. The molecule has 1 aromatic carbocycles. The first-order chi connectivity index (χ1) is 10.7. The summed E-state index contributed by atoms with van der Waals surface area (Å²) in [4.78, 5) is 10.2. The maximum absolute atomic E-state index is 12.7. The van der Waals surface area contributed by atoms with Crippen LogP contribution >= 0.6 is 0 Å². The number of nitro groups is 1. The van der Waals surface area contributed by atoms with E-state index in [2.05, 4.69) is 10.4 Å². The lowest BCUT2D eigenvalue weighted by Crippen LogP contribution is -2.08. The smallest absolute Gasteiger partial charge is 0.375 e. The Morgan fingerprint density at radius 3 is 2.65 bits per heavy atom. The van der Waals surface area contributed by atoms with Crippen LogP contribution in [0.3, 0.4) is 0 Å². The van der Waals surface area contributed by atoms with Crippen molar-refractivity contribution in [3.05, 3.63) is 51.3 Å². The minimum Gasteiger partial charge on any atom is -0.375 e. The van der Waals surface area contributed by atoms with E-state index in [1.165, 1.54) is 0 Å². The highest BCUT2D eigenvalue weighted by molar-refractivity contribution is 5.63. The van der Waals surface area contributed by atoms with Crippen molar-refractivity contribution in [2.45, 2.75) is 26.1 Å². The van der Waals surface area contributed by atoms with Crippen molar-refractivity contribution in [1.29, 1.82) is 0 Å². The molecular weight excluding hydrogens is 313 g/mol. The van der Waals surface area contributed by atoms with Gasteiger partial charge in [0.1, 0.15) is 5.69 Å². The van der Waals surface area contributed by atoms with Gasteiger partial charge in [0, 0.05) is 31.4 Å². The van der Waals surface area contributed by atoms with Crippen molar-refractivity contribution in [2.75, 3.05) is 5.32 Å². The molecule has 0 bridgehead atoms. The van der Waals surface area contributed by atoms with E-state index >= 15 is 0 Å². The van der Waals surface area contributed by atoms with Gasteiger partial charge in [-0.3, -0.25) is 14.8 Å². The Hall–Kier alpha value is -2.58. The molecule has 1 heterocycles. The average Bonchev–Trinajstić information content (AvgIpc) is 2.84. The van der Waals surface area contributed by atoms with Gasteiger partial charge in [0.2, 0.25) is 0 Å². The summed E-state index contributed by atoms with van der Waals surface area (Å²) in [5, 5.41) is 18.1. The molecule has 2 rings (SSSR count). The van der Waals surface area contributed by atoms with Crippen LogP contribution in [0.4, 0.5) is 24.5 Å². The van der Waals surface area contributed by atoms with Gasteiger partial charge in [-0.15, -0.1) is 0 Å². The van der Waals surface area contributed by atoms with Gasteiger partial charge in [0.15, 0.2) is 0 Å². The van der Waals surface area contributed by atoms with Crippen molar-refractivity contribution in [3.8, 4) is 0 Å². The number of nitro benzene ring substituents is 1. The topological polar surface area (TPSA) is 73.0 Å². The van der Waals surface area contributed by atoms with Crippen LogP contribution in [0, 0.1) is 10.1 Å². The molecular formula is C14H15F3N4O2. The summed E-state index contributed by atoms with van der Waals surface area (Å²) < 4.78 is 39.6. The molecule has 6 nitrogen and oxygen atoms in total. The second-order valence-electron chi connectivity index (χ2n) is 4.97. The van der Waals surface area contributed by atoms with E-state index in [1.54, 1.807) is 17.9 Å². The van der Waals surface area contributed by atoms with Gasteiger partial charge in [-0.25, -0.2) is 0 Å². The summed E-state index contributed by atoms with van der Waals surface area (Å²) in [6.07, 6.45) is -2.17. The summed E-state index contributed by atoms with van der Waals surface area (Å²) in [5.41, 5.74) is 0.0415. The minimum atomic E-state index is -4.62. The predicted octanol–water partition coefficient (Wildman–Crippen LogP) is 3.52. The number of nitrogens with one attached hydrogen (secondary N) is 1. The van der Waals surface area contributed by atoms with E-state index in [9.17, 15) is 23.3 Å². The monoisotopic (exact) mass is 328 g/mol. The zero-order chi connectivity index (χ0) is 17.2. The van der Waals surface area contributed by atoms with Crippen LogP contribution in [-0.2, 0) is 26.2 Å². The summed E-state index contributed by atoms with van der Waals surface area (Å²) >= 11 is 0. The number of rotatable bonds is 5. The average molecular weight is 328 g/mol. The second-order valence-corrected chi connectivity index (χ2v) is 4.97. The molecule has 1 N–H and O–H groups in total. The Labute approximate surface area is 130 Å². The zero-order valence-corrected chi connectivity index (χ0v) is 12.5. The van der Waals surface area contributed by atoms with Crippen molar-refractivity contribution in [1.82, 2.24) is 9.78 Å². The van der Waals surface area contributed by atoms with E-state index in [4.69, 9.17) is 0 Å². The third-order valence-corrected chi connectivity index (χ3v) is 3.32. The van der Waals surface area contributed by atoms with Crippen LogP contribution in [0.5, 0.6) is 0 Å². The number of alkyl halides is 3. The maximum Gasteiger partial charge on any atom is 0.416 e. The fourth-order valence-corrected chi connectivity index (χ4v) is 2.23. The zero-order valence-electron chi connectivity index (χ0n) is 12.5. The van der Waals surface area contributed by atoms with Crippen LogP contribution in [0.2, 0.25) is 0 Å². The Balaban J connectivity index is 2.27. The lowest BCUT2D eigenvalue weighted by molar-refractivity contribution is -0.384.